The van der Waals surface area contributed by atoms with E-state index in [1.807, 2.05) is 0 Å². The van der Waals surface area contributed by atoms with Crippen LogP contribution in [0.4, 0.5) is 0 Å². The molecule has 49 heavy (non-hydrogen) atoms. The number of ether oxygens (including phenoxy) is 1. The van der Waals surface area contributed by atoms with Crippen molar-refractivity contribution >= 4 is 64.6 Å². The SMILES string of the molecule is c1ccc2c(-c3c4cccc(-c5ccc6c7c(cccc57)-c5ccc7ccccc7c5O6)c4cc4c3ccc3ccccc34)cccc2c1. The molecule has 10 aromatic carbocycles. The smallest absolute Gasteiger partial charge is 0.143 e. The Morgan fingerprint density at radius 1 is 0.286 bits per heavy atom. The Hall–Kier alpha value is -6.44. The summed E-state index contributed by atoms with van der Waals surface area (Å²) in [6.45, 7) is 0. The molecule has 0 bridgehead atoms. The van der Waals surface area contributed by atoms with Gasteiger partial charge in [-0.15, -0.1) is 0 Å². The van der Waals surface area contributed by atoms with Gasteiger partial charge in [0.2, 0.25) is 0 Å². The summed E-state index contributed by atoms with van der Waals surface area (Å²) >= 11 is 0. The van der Waals surface area contributed by atoms with Gasteiger partial charge in [0.05, 0.1) is 0 Å². The molecule has 0 atom stereocenters. The number of benzene rings is 10. The zero-order valence-corrected chi connectivity index (χ0v) is 26.6. The Morgan fingerprint density at radius 2 is 0.837 bits per heavy atom. The summed E-state index contributed by atoms with van der Waals surface area (Å²) in [5, 5.41) is 14.8. The van der Waals surface area contributed by atoms with E-state index in [1.165, 1.54) is 87.1 Å². The molecule has 1 nitrogen and oxygen atoms in total. The largest absolute Gasteiger partial charge is 0.455 e. The molecule has 0 spiro atoms. The summed E-state index contributed by atoms with van der Waals surface area (Å²) < 4.78 is 6.76. The number of hydrogen-bond acceptors (Lipinski definition) is 1. The van der Waals surface area contributed by atoms with Gasteiger partial charge < -0.3 is 4.74 Å². The molecule has 10 aromatic rings. The molecular formula is C48H28O. The molecule has 1 heterocycles. The Bertz CT molecular complexity index is 3020. The molecule has 0 radical (unpaired) electrons. The third-order valence-electron chi connectivity index (χ3n) is 10.6. The summed E-state index contributed by atoms with van der Waals surface area (Å²) in [5.74, 6) is 1.85. The fourth-order valence-corrected chi connectivity index (χ4v) is 8.46. The average Bonchev–Trinajstić information content (AvgIpc) is 3.17. The summed E-state index contributed by atoms with van der Waals surface area (Å²) in [4.78, 5) is 0. The third kappa shape index (κ3) is 3.76. The zero-order valence-electron chi connectivity index (χ0n) is 26.6. The standard InChI is InChI=1S/C48H28O/c1-4-14-32-29(10-1)13-7-18-37(32)46-40-21-8-17-35(44(40)28-43-33-15-5-2-11-30(33)22-24-41(43)46)36-26-27-45-47-38(36)19-9-20-39(47)42-25-23-31-12-3-6-16-34(31)48(42)49-45/h1-28H. The molecule has 226 valence electrons. The van der Waals surface area contributed by atoms with Gasteiger partial charge in [-0.1, -0.05) is 152 Å². The molecule has 11 rings (SSSR count). The monoisotopic (exact) mass is 620 g/mol. The van der Waals surface area contributed by atoms with E-state index in [0.29, 0.717) is 0 Å². The molecule has 0 fully saturated rings. The minimum atomic E-state index is 0.909. The molecule has 1 aliphatic rings. The molecule has 1 heteroatoms. The predicted octanol–water partition coefficient (Wildman–Crippen LogP) is 13.7. The van der Waals surface area contributed by atoms with Crippen molar-refractivity contribution in [3.63, 3.8) is 0 Å². The topological polar surface area (TPSA) is 9.23 Å². The van der Waals surface area contributed by atoms with Crippen molar-refractivity contribution in [3.8, 4) is 44.9 Å². The lowest BCUT2D eigenvalue weighted by atomic mass is 9.84. The van der Waals surface area contributed by atoms with Crippen LogP contribution in [-0.2, 0) is 0 Å². The lowest BCUT2D eigenvalue weighted by molar-refractivity contribution is 0.493. The number of hydrogen-bond donors (Lipinski definition) is 0. The van der Waals surface area contributed by atoms with E-state index in [2.05, 4.69) is 170 Å². The van der Waals surface area contributed by atoms with E-state index in [0.717, 1.165) is 22.4 Å². The van der Waals surface area contributed by atoms with Gasteiger partial charge in [0.1, 0.15) is 11.5 Å². The van der Waals surface area contributed by atoms with Gasteiger partial charge in [-0.25, -0.2) is 0 Å². The summed E-state index contributed by atoms with van der Waals surface area (Å²) in [6, 6.07) is 62.1. The summed E-state index contributed by atoms with van der Waals surface area (Å²) in [6.07, 6.45) is 0. The highest BCUT2D eigenvalue weighted by Gasteiger charge is 2.24. The normalized spacial score (nSPS) is 12.2. The van der Waals surface area contributed by atoms with E-state index in [1.54, 1.807) is 0 Å². The molecule has 0 aromatic heterocycles. The van der Waals surface area contributed by atoms with Gasteiger partial charge in [-0.05, 0) is 99.9 Å². The van der Waals surface area contributed by atoms with E-state index < -0.39 is 0 Å². The second kappa shape index (κ2) is 10.0. The molecule has 0 amide bonds. The second-order valence-corrected chi connectivity index (χ2v) is 13.2. The van der Waals surface area contributed by atoms with E-state index >= 15 is 0 Å². The van der Waals surface area contributed by atoms with Gasteiger partial charge in [0.25, 0.3) is 0 Å². The summed E-state index contributed by atoms with van der Waals surface area (Å²) in [7, 11) is 0. The zero-order chi connectivity index (χ0) is 32.1. The Morgan fingerprint density at radius 3 is 1.69 bits per heavy atom. The minimum Gasteiger partial charge on any atom is -0.455 e. The maximum absolute atomic E-state index is 6.76. The van der Waals surface area contributed by atoms with Crippen molar-refractivity contribution in [1.82, 2.24) is 0 Å². The minimum absolute atomic E-state index is 0.909. The molecule has 0 saturated heterocycles. The van der Waals surface area contributed by atoms with Crippen LogP contribution in [-0.4, -0.2) is 0 Å². The fourth-order valence-electron chi connectivity index (χ4n) is 8.46. The third-order valence-corrected chi connectivity index (χ3v) is 10.6. The number of rotatable bonds is 2. The first-order chi connectivity index (χ1) is 24.3. The van der Waals surface area contributed by atoms with Gasteiger partial charge in [-0.3, -0.25) is 0 Å². The molecule has 0 saturated carbocycles. The fraction of sp³-hybridized carbons (Fsp3) is 0. The van der Waals surface area contributed by atoms with Crippen LogP contribution < -0.4 is 4.74 Å². The van der Waals surface area contributed by atoms with Crippen LogP contribution in [0.2, 0.25) is 0 Å². The van der Waals surface area contributed by atoms with Gasteiger partial charge in [-0.2, -0.15) is 0 Å². The van der Waals surface area contributed by atoms with Crippen LogP contribution in [0.3, 0.4) is 0 Å². The molecule has 0 N–H and O–H groups in total. The highest BCUT2D eigenvalue weighted by Crippen LogP contribution is 2.52. The summed E-state index contributed by atoms with van der Waals surface area (Å²) in [5.41, 5.74) is 7.33. The Balaban J connectivity index is 1.25. The van der Waals surface area contributed by atoms with Gasteiger partial charge in [0, 0.05) is 16.3 Å². The Kier molecular flexibility index (Phi) is 5.45. The van der Waals surface area contributed by atoms with Crippen LogP contribution in [0.25, 0.3) is 98.0 Å². The van der Waals surface area contributed by atoms with Crippen LogP contribution in [0.5, 0.6) is 11.5 Å². The van der Waals surface area contributed by atoms with Crippen molar-refractivity contribution in [2.24, 2.45) is 0 Å². The molecule has 0 aliphatic carbocycles. The van der Waals surface area contributed by atoms with Crippen LogP contribution >= 0.6 is 0 Å². The first-order valence-electron chi connectivity index (χ1n) is 16.9. The predicted molar refractivity (Wildman–Crippen MR) is 208 cm³/mol. The lowest BCUT2D eigenvalue weighted by Crippen LogP contribution is -1.99. The van der Waals surface area contributed by atoms with E-state index in [-0.39, 0.29) is 0 Å². The van der Waals surface area contributed by atoms with Crippen molar-refractivity contribution in [1.29, 1.82) is 0 Å². The first-order valence-corrected chi connectivity index (χ1v) is 16.9. The highest BCUT2D eigenvalue weighted by molar-refractivity contribution is 6.25. The second-order valence-electron chi connectivity index (χ2n) is 13.2. The highest BCUT2D eigenvalue weighted by atomic mass is 16.5. The molecule has 1 aliphatic heterocycles. The lowest BCUT2D eigenvalue weighted by Gasteiger charge is -2.24. The van der Waals surface area contributed by atoms with E-state index in [9.17, 15) is 0 Å². The van der Waals surface area contributed by atoms with Crippen LogP contribution in [0.1, 0.15) is 0 Å². The molecule has 0 unspecified atom stereocenters. The molecular weight excluding hydrogens is 593 g/mol. The maximum Gasteiger partial charge on any atom is 0.143 e. The van der Waals surface area contributed by atoms with Gasteiger partial charge in [0.15, 0.2) is 0 Å². The van der Waals surface area contributed by atoms with Crippen molar-refractivity contribution in [2.45, 2.75) is 0 Å². The van der Waals surface area contributed by atoms with Crippen molar-refractivity contribution < 1.29 is 4.74 Å². The van der Waals surface area contributed by atoms with Crippen LogP contribution in [0, 0.1) is 0 Å². The van der Waals surface area contributed by atoms with Crippen LogP contribution in [0.15, 0.2) is 170 Å². The van der Waals surface area contributed by atoms with Crippen molar-refractivity contribution in [3.05, 3.63) is 170 Å². The average molecular weight is 621 g/mol. The van der Waals surface area contributed by atoms with Crippen molar-refractivity contribution in [2.75, 3.05) is 0 Å². The van der Waals surface area contributed by atoms with E-state index in [4.69, 9.17) is 4.74 Å². The first kappa shape index (κ1) is 26.6. The Labute approximate surface area is 283 Å². The maximum atomic E-state index is 6.76. The quantitative estimate of drug-likeness (QED) is 0.138. The van der Waals surface area contributed by atoms with Gasteiger partial charge >= 0.3 is 0 Å². The number of fused-ring (bicyclic) bond motifs is 9.